The number of rotatable bonds is 6. The zero-order valence-corrected chi connectivity index (χ0v) is 18.7. The molecule has 0 bridgehead atoms. The third-order valence-electron chi connectivity index (χ3n) is 5.14. The highest BCUT2D eigenvalue weighted by Gasteiger charge is 2.33. The molecule has 3 aromatic carbocycles. The van der Waals surface area contributed by atoms with E-state index >= 15 is 0 Å². The van der Waals surface area contributed by atoms with Crippen molar-refractivity contribution >= 4 is 27.9 Å². The highest BCUT2D eigenvalue weighted by Crippen LogP contribution is 2.37. The Morgan fingerprint density at radius 1 is 0.971 bits per heavy atom. The number of halogens is 5. The van der Waals surface area contributed by atoms with Crippen LogP contribution in [0.25, 0.3) is 12.2 Å². The molecule has 1 heterocycles. The number of anilines is 1. The number of ether oxygens (including phenoxy) is 2. The van der Waals surface area contributed by atoms with Gasteiger partial charge in [-0.1, -0.05) is 42.5 Å². The Labute approximate surface area is 198 Å². The first-order valence-corrected chi connectivity index (χ1v) is 11.7. The lowest BCUT2D eigenvalue weighted by Gasteiger charge is -2.30. The summed E-state index contributed by atoms with van der Waals surface area (Å²) in [4.78, 5) is -0.261. The Morgan fingerprint density at radius 3 is 2.49 bits per heavy atom. The molecule has 0 aromatic heterocycles. The number of hydrogen-bond donors (Lipinski definition) is 0. The molecule has 3 aromatic rings. The van der Waals surface area contributed by atoms with Crippen molar-refractivity contribution in [2.24, 2.45) is 0 Å². The van der Waals surface area contributed by atoms with Gasteiger partial charge in [-0.2, -0.15) is 22.0 Å². The monoisotopic (exact) mass is 511 g/mol. The van der Waals surface area contributed by atoms with Gasteiger partial charge in [0.2, 0.25) is 0 Å². The third kappa shape index (κ3) is 5.40. The van der Waals surface area contributed by atoms with Gasteiger partial charge in [-0.3, -0.25) is 4.31 Å². The minimum Gasteiger partial charge on any atom is -0.489 e. The minimum atomic E-state index is -4.53. The molecule has 11 heteroatoms. The predicted molar refractivity (Wildman–Crippen MR) is 120 cm³/mol. The summed E-state index contributed by atoms with van der Waals surface area (Å²) in [6.07, 6.45) is -1.81. The van der Waals surface area contributed by atoms with Crippen molar-refractivity contribution in [3.63, 3.8) is 0 Å². The Morgan fingerprint density at radius 2 is 1.74 bits per heavy atom. The molecule has 0 saturated heterocycles. The number of sulfonamides is 1. The molecule has 0 atom stereocenters. The van der Waals surface area contributed by atoms with E-state index in [0.29, 0.717) is 5.56 Å². The van der Waals surface area contributed by atoms with E-state index in [2.05, 4.69) is 4.74 Å². The van der Waals surface area contributed by atoms with E-state index in [1.165, 1.54) is 60.7 Å². The molecule has 1 aliphatic heterocycles. The van der Waals surface area contributed by atoms with Crippen molar-refractivity contribution in [3.8, 4) is 11.5 Å². The lowest BCUT2D eigenvalue weighted by atomic mass is 10.0. The normalized spacial score (nSPS) is 14.2. The summed E-state index contributed by atoms with van der Waals surface area (Å²) in [6.45, 7) is -3.12. The highest BCUT2D eigenvalue weighted by atomic mass is 32.2. The maximum Gasteiger partial charge on any atom is 0.416 e. The van der Waals surface area contributed by atoms with Crippen LogP contribution in [-0.2, 0) is 16.2 Å². The average Bonchev–Trinajstić information content (AvgIpc) is 2.81. The number of hydrogen-bond acceptors (Lipinski definition) is 4. The lowest BCUT2D eigenvalue weighted by molar-refractivity contribution is -0.137. The van der Waals surface area contributed by atoms with Crippen LogP contribution in [0.15, 0.2) is 71.6 Å². The van der Waals surface area contributed by atoms with Gasteiger partial charge in [-0.05, 0) is 41.5 Å². The standard InChI is InChI=1S/C24H18F5NO4S/c25-23(26)34-18-5-3-6-19(15-18)35(31,32)30-12-13-33-22-11-9-16(14-21(22)30)8-10-17-4-1-2-7-20(17)24(27,28)29/h1-11,14-15,23H,12-13H2/b10-8+. The minimum absolute atomic E-state index is 0.0470. The number of alkyl halides is 5. The summed E-state index contributed by atoms with van der Waals surface area (Å²) < 4.78 is 102. The molecule has 0 fully saturated rings. The topological polar surface area (TPSA) is 55.8 Å². The second-order valence-corrected chi connectivity index (χ2v) is 9.29. The predicted octanol–water partition coefficient (Wildman–Crippen LogP) is 6.06. The van der Waals surface area contributed by atoms with Crippen LogP contribution in [0, 0.1) is 0 Å². The lowest BCUT2D eigenvalue weighted by Crippen LogP contribution is -2.38. The quantitative estimate of drug-likeness (QED) is 0.298. The molecular weight excluding hydrogens is 493 g/mol. The molecular formula is C24H18F5NO4S. The van der Waals surface area contributed by atoms with Crippen molar-refractivity contribution in [3.05, 3.63) is 83.4 Å². The Kier molecular flexibility index (Phi) is 6.70. The van der Waals surface area contributed by atoms with E-state index in [4.69, 9.17) is 4.74 Å². The fourth-order valence-corrected chi connectivity index (χ4v) is 5.07. The summed E-state index contributed by atoms with van der Waals surface area (Å²) in [5, 5.41) is 0. The van der Waals surface area contributed by atoms with Crippen molar-refractivity contribution in [2.75, 3.05) is 17.5 Å². The molecule has 0 amide bonds. The maximum absolute atomic E-state index is 13.3. The van der Waals surface area contributed by atoms with Gasteiger partial charge >= 0.3 is 12.8 Å². The summed E-state index contributed by atoms with van der Waals surface area (Å²) in [5.41, 5.74) is -0.245. The molecule has 4 rings (SSSR count). The first-order chi connectivity index (χ1) is 16.6. The third-order valence-corrected chi connectivity index (χ3v) is 6.95. The van der Waals surface area contributed by atoms with Gasteiger partial charge in [-0.15, -0.1) is 0 Å². The molecule has 0 radical (unpaired) electrons. The van der Waals surface area contributed by atoms with E-state index in [9.17, 15) is 30.4 Å². The first-order valence-electron chi connectivity index (χ1n) is 10.2. The molecule has 0 N–H and O–H groups in total. The van der Waals surface area contributed by atoms with Gasteiger partial charge in [0.1, 0.15) is 18.1 Å². The van der Waals surface area contributed by atoms with Crippen LogP contribution in [0.1, 0.15) is 16.7 Å². The Balaban J connectivity index is 1.68. The van der Waals surface area contributed by atoms with E-state index in [-0.39, 0.29) is 40.8 Å². The van der Waals surface area contributed by atoms with Crippen LogP contribution in [0.3, 0.4) is 0 Å². The van der Waals surface area contributed by atoms with Gasteiger partial charge in [0.05, 0.1) is 22.7 Å². The molecule has 0 unspecified atom stereocenters. The van der Waals surface area contributed by atoms with E-state index in [1.807, 2.05) is 0 Å². The molecule has 0 spiro atoms. The Bertz CT molecular complexity index is 1360. The SMILES string of the molecule is O=S(=O)(c1cccc(OC(F)F)c1)N1CCOc2ccc(/C=C/c3ccccc3C(F)(F)F)cc21. The molecule has 0 aliphatic carbocycles. The number of nitrogens with zero attached hydrogens (tertiary/aromatic N) is 1. The molecule has 5 nitrogen and oxygen atoms in total. The van der Waals surface area contributed by atoms with Gasteiger partial charge in [0.25, 0.3) is 10.0 Å². The maximum atomic E-state index is 13.3. The highest BCUT2D eigenvalue weighted by molar-refractivity contribution is 7.92. The summed E-state index contributed by atoms with van der Waals surface area (Å²) in [5.74, 6) is -0.0535. The van der Waals surface area contributed by atoms with Crippen LogP contribution >= 0.6 is 0 Å². The van der Waals surface area contributed by atoms with Crippen LogP contribution in [-0.4, -0.2) is 28.2 Å². The van der Waals surface area contributed by atoms with Gasteiger partial charge in [-0.25, -0.2) is 8.42 Å². The van der Waals surface area contributed by atoms with Gasteiger partial charge in [0.15, 0.2) is 0 Å². The van der Waals surface area contributed by atoms with Crippen LogP contribution in [0.5, 0.6) is 11.5 Å². The summed E-state index contributed by atoms with van der Waals surface area (Å²) >= 11 is 0. The fraction of sp³-hybridized carbons (Fsp3) is 0.167. The number of benzene rings is 3. The molecule has 35 heavy (non-hydrogen) atoms. The molecule has 184 valence electrons. The van der Waals surface area contributed by atoms with Crippen LogP contribution in [0.4, 0.5) is 27.6 Å². The summed E-state index contributed by atoms with van der Waals surface area (Å²) in [6, 6.07) is 14.4. The smallest absolute Gasteiger partial charge is 0.416 e. The van der Waals surface area contributed by atoms with Gasteiger partial charge in [0, 0.05) is 6.07 Å². The Hall–Kier alpha value is -3.60. The zero-order valence-electron chi connectivity index (χ0n) is 17.9. The van der Waals surface area contributed by atoms with E-state index < -0.39 is 28.4 Å². The van der Waals surface area contributed by atoms with Gasteiger partial charge < -0.3 is 9.47 Å². The van der Waals surface area contributed by atoms with Crippen LogP contribution < -0.4 is 13.8 Å². The second kappa shape index (κ2) is 9.57. The van der Waals surface area contributed by atoms with Crippen molar-refractivity contribution in [2.45, 2.75) is 17.7 Å². The van der Waals surface area contributed by atoms with E-state index in [1.54, 1.807) is 6.07 Å². The largest absolute Gasteiger partial charge is 0.489 e. The van der Waals surface area contributed by atoms with Crippen molar-refractivity contribution in [1.29, 1.82) is 0 Å². The van der Waals surface area contributed by atoms with Crippen LogP contribution in [0.2, 0.25) is 0 Å². The van der Waals surface area contributed by atoms with E-state index in [0.717, 1.165) is 16.4 Å². The average molecular weight is 511 g/mol. The molecule has 1 aliphatic rings. The number of fused-ring (bicyclic) bond motifs is 1. The summed E-state index contributed by atoms with van der Waals surface area (Å²) in [7, 11) is -4.19. The fourth-order valence-electron chi connectivity index (χ4n) is 3.59. The van der Waals surface area contributed by atoms with Crippen molar-refractivity contribution < 1.29 is 39.8 Å². The molecule has 0 saturated carbocycles. The van der Waals surface area contributed by atoms with Crippen molar-refractivity contribution in [1.82, 2.24) is 0 Å². The zero-order chi connectivity index (χ0) is 25.2. The second-order valence-electron chi connectivity index (χ2n) is 7.42. The first kappa shape index (κ1) is 24.5.